The van der Waals surface area contributed by atoms with Crippen LogP contribution in [-0.4, -0.2) is 0 Å². The van der Waals surface area contributed by atoms with Crippen LogP contribution in [-0.2, 0) is 10.8 Å². The van der Waals surface area contributed by atoms with Crippen molar-refractivity contribution >= 4 is 10.8 Å². The molecule has 0 amide bonds. The lowest BCUT2D eigenvalue weighted by molar-refractivity contribution is 0.0857. The predicted molar refractivity (Wildman–Crippen MR) is 157 cm³/mol. The topological polar surface area (TPSA) is 0 Å². The molecule has 0 nitrogen and oxygen atoms in total. The first kappa shape index (κ1) is 23.7. The molecule has 0 spiro atoms. The van der Waals surface area contributed by atoms with E-state index in [1.165, 1.54) is 38.6 Å². The summed E-state index contributed by atoms with van der Waals surface area (Å²) in [5.41, 5.74) is 6.84. The smallest absolute Gasteiger partial charge is 0.0422 e. The highest BCUT2D eigenvalue weighted by Gasteiger charge is 2.67. The summed E-state index contributed by atoms with van der Waals surface area (Å²) in [6.07, 6.45) is 0. The fourth-order valence-electron chi connectivity index (χ4n) is 8.23. The molecule has 2 unspecified atom stereocenters. The Balaban J connectivity index is 1.86. The Morgan fingerprint density at radius 2 is 1.11 bits per heavy atom. The highest BCUT2D eigenvalue weighted by Crippen LogP contribution is 2.71. The second-order valence-electron chi connectivity index (χ2n) is 11.3. The number of hydrogen-bond donors (Lipinski definition) is 0. The van der Waals surface area contributed by atoms with Gasteiger partial charge in [0, 0.05) is 16.7 Å². The molecule has 0 saturated heterocycles. The van der Waals surface area contributed by atoms with E-state index in [9.17, 15) is 0 Å². The highest BCUT2D eigenvalue weighted by atomic mass is 14.7. The molecule has 184 valence electrons. The van der Waals surface area contributed by atoms with Gasteiger partial charge in [0.25, 0.3) is 0 Å². The van der Waals surface area contributed by atoms with Crippen LogP contribution >= 0.6 is 0 Å². The molecule has 5 aromatic carbocycles. The zero-order valence-corrected chi connectivity index (χ0v) is 22.4. The molecule has 0 heterocycles. The van der Waals surface area contributed by atoms with Gasteiger partial charge < -0.3 is 0 Å². The average molecular weight is 481 g/mol. The largest absolute Gasteiger partial charge is 0.0622 e. The minimum absolute atomic E-state index is 0.146. The molecule has 0 heteroatoms. The molecule has 0 bridgehead atoms. The van der Waals surface area contributed by atoms with Gasteiger partial charge in [0.2, 0.25) is 0 Å². The van der Waals surface area contributed by atoms with Gasteiger partial charge in [0.15, 0.2) is 0 Å². The standard InChI is InChI=1S/C37H36/c1-26(2)36(27(3)4,30-19-10-6-11-20-30)37(31-21-12-7-13-22-31)34(29-17-8-5-9-18-29)33-25-24-28-16-14-15-23-32(28)35(33)37/h5-27,34H,1-4H3. The normalized spacial score (nSPS) is 19.1. The van der Waals surface area contributed by atoms with Crippen LogP contribution in [0.4, 0.5) is 0 Å². The van der Waals surface area contributed by atoms with Crippen molar-refractivity contribution in [2.75, 3.05) is 0 Å². The number of fused-ring (bicyclic) bond motifs is 3. The Morgan fingerprint density at radius 3 is 1.73 bits per heavy atom. The van der Waals surface area contributed by atoms with Crippen molar-refractivity contribution in [2.45, 2.75) is 44.4 Å². The van der Waals surface area contributed by atoms with E-state index in [1.54, 1.807) is 0 Å². The predicted octanol–water partition coefficient (Wildman–Crippen LogP) is 9.52. The molecule has 0 N–H and O–H groups in total. The molecule has 37 heavy (non-hydrogen) atoms. The fourth-order valence-corrected chi connectivity index (χ4v) is 8.23. The van der Waals surface area contributed by atoms with E-state index in [4.69, 9.17) is 0 Å². The number of benzene rings is 5. The van der Waals surface area contributed by atoms with Gasteiger partial charge in [-0.1, -0.05) is 155 Å². The maximum atomic E-state index is 2.45. The van der Waals surface area contributed by atoms with Gasteiger partial charge in [0.1, 0.15) is 0 Å². The second-order valence-corrected chi connectivity index (χ2v) is 11.3. The summed E-state index contributed by atoms with van der Waals surface area (Å²) in [4.78, 5) is 0. The molecule has 0 aromatic heterocycles. The van der Waals surface area contributed by atoms with Crippen LogP contribution in [0.2, 0.25) is 0 Å². The molecule has 5 aromatic rings. The van der Waals surface area contributed by atoms with Gasteiger partial charge in [-0.3, -0.25) is 0 Å². The minimum Gasteiger partial charge on any atom is -0.0622 e. The van der Waals surface area contributed by atoms with Crippen molar-refractivity contribution < 1.29 is 0 Å². The first-order valence-corrected chi connectivity index (χ1v) is 13.7. The van der Waals surface area contributed by atoms with Crippen molar-refractivity contribution in [3.63, 3.8) is 0 Å². The summed E-state index contributed by atoms with van der Waals surface area (Å²) in [5.74, 6) is 1.04. The number of hydrogen-bond acceptors (Lipinski definition) is 0. The second kappa shape index (κ2) is 9.03. The van der Waals surface area contributed by atoms with Crippen LogP contribution in [0.15, 0.2) is 127 Å². The molecule has 6 rings (SSSR count). The Labute approximate surface area is 222 Å². The summed E-state index contributed by atoms with van der Waals surface area (Å²) >= 11 is 0. The molecule has 1 aliphatic carbocycles. The summed E-state index contributed by atoms with van der Waals surface area (Å²) in [6.45, 7) is 9.79. The molecule has 0 aliphatic heterocycles. The van der Waals surface area contributed by atoms with Gasteiger partial charge in [-0.05, 0) is 50.4 Å². The molecule has 0 saturated carbocycles. The van der Waals surface area contributed by atoms with E-state index >= 15 is 0 Å². The van der Waals surface area contributed by atoms with Crippen LogP contribution in [0.1, 0.15) is 61.4 Å². The Kier molecular flexibility index (Phi) is 5.80. The highest BCUT2D eigenvalue weighted by molar-refractivity contribution is 5.93. The lowest BCUT2D eigenvalue weighted by atomic mass is 9.35. The summed E-state index contributed by atoms with van der Waals surface area (Å²) in [7, 11) is 0. The fraction of sp³-hybridized carbons (Fsp3) is 0.243. The van der Waals surface area contributed by atoms with Crippen LogP contribution in [0, 0.1) is 11.8 Å². The molecule has 0 fully saturated rings. The molecule has 0 radical (unpaired) electrons. The third-order valence-corrected chi connectivity index (χ3v) is 9.19. The van der Waals surface area contributed by atoms with Crippen molar-refractivity contribution in [2.24, 2.45) is 11.8 Å². The van der Waals surface area contributed by atoms with Gasteiger partial charge in [0.05, 0.1) is 0 Å². The van der Waals surface area contributed by atoms with Crippen molar-refractivity contribution in [1.82, 2.24) is 0 Å². The lowest BCUT2D eigenvalue weighted by Crippen LogP contribution is -2.64. The van der Waals surface area contributed by atoms with Crippen LogP contribution in [0.3, 0.4) is 0 Å². The maximum Gasteiger partial charge on any atom is 0.0422 e. The third-order valence-electron chi connectivity index (χ3n) is 9.19. The summed E-state index contributed by atoms with van der Waals surface area (Å²) < 4.78 is 0. The molecule has 2 atom stereocenters. The Hall–Kier alpha value is -3.64. The summed E-state index contributed by atoms with van der Waals surface area (Å²) in [5, 5.41) is 2.71. The zero-order valence-electron chi connectivity index (χ0n) is 22.4. The van der Waals surface area contributed by atoms with Gasteiger partial charge >= 0.3 is 0 Å². The van der Waals surface area contributed by atoms with Crippen LogP contribution in [0.5, 0.6) is 0 Å². The van der Waals surface area contributed by atoms with Gasteiger partial charge in [-0.15, -0.1) is 0 Å². The maximum absolute atomic E-state index is 2.45. The van der Waals surface area contributed by atoms with Crippen LogP contribution < -0.4 is 0 Å². The van der Waals surface area contributed by atoms with E-state index in [0.29, 0.717) is 11.8 Å². The van der Waals surface area contributed by atoms with Crippen LogP contribution in [0.25, 0.3) is 10.8 Å². The first-order valence-electron chi connectivity index (χ1n) is 13.7. The van der Waals surface area contributed by atoms with E-state index < -0.39 is 0 Å². The van der Waals surface area contributed by atoms with Crippen molar-refractivity contribution in [1.29, 1.82) is 0 Å². The first-order chi connectivity index (χ1) is 18.0. The van der Waals surface area contributed by atoms with Gasteiger partial charge in [-0.2, -0.15) is 0 Å². The summed E-state index contributed by atoms with van der Waals surface area (Å²) in [6, 6.07) is 47.8. The Morgan fingerprint density at radius 1 is 0.568 bits per heavy atom. The van der Waals surface area contributed by atoms with Crippen molar-refractivity contribution in [3.8, 4) is 0 Å². The van der Waals surface area contributed by atoms with E-state index in [-0.39, 0.29) is 16.7 Å². The lowest BCUT2D eigenvalue weighted by Gasteiger charge is -2.66. The van der Waals surface area contributed by atoms with Gasteiger partial charge in [-0.25, -0.2) is 0 Å². The molecular formula is C37H36. The third kappa shape index (κ3) is 3.15. The average Bonchev–Trinajstić information content (AvgIpc) is 2.92. The minimum atomic E-state index is -0.241. The molecule has 1 aliphatic rings. The Bertz CT molecular complexity index is 1500. The van der Waals surface area contributed by atoms with E-state index in [1.807, 2.05) is 0 Å². The van der Waals surface area contributed by atoms with E-state index in [0.717, 1.165) is 0 Å². The monoisotopic (exact) mass is 480 g/mol. The SMILES string of the molecule is CC(C)C(c1ccccc1)(C(C)C)C1(c2ccccc2)c2c(ccc3ccccc23)C1c1ccccc1. The quantitative estimate of drug-likeness (QED) is 0.227. The van der Waals surface area contributed by atoms with Crippen molar-refractivity contribution in [3.05, 3.63) is 155 Å². The number of rotatable bonds is 6. The van der Waals surface area contributed by atoms with E-state index in [2.05, 4.69) is 155 Å². The molecular weight excluding hydrogens is 444 g/mol. The zero-order chi connectivity index (χ0) is 25.6.